The second-order valence-electron chi connectivity index (χ2n) is 5.78. The summed E-state index contributed by atoms with van der Waals surface area (Å²) >= 11 is 0. The van der Waals surface area contributed by atoms with Gasteiger partial charge in [-0.05, 0) is 44.9 Å². The third-order valence-corrected chi connectivity index (χ3v) is 4.14. The zero-order valence-corrected chi connectivity index (χ0v) is 12.4. The van der Waals surface area contributed by atoms with E-state index in [4.69, 9.17) is 0 Å². The molecule has 1 saturated carbocycles. The molecular formula is C16H25NO3. The van der Waals surface area contributed by atoms with Crippen molar-refractivity contribution in [1.29, 1.82) is 0 Å². The van der Waals surface area contributed by atoms with Crippen LogP contribution in [0.2, 0.25) is 0 Å². The van der Waals surface area contributed by atoms with Gasteiger partial charge in [0.05, 0.1) is 13.5 Å². The lowest BCUT2D eigenvalue weighted by atomic mass is 9.97. The molecule has 0 bridgehead atoms. The molecule has 0 unspecified atom stereocenters. The Morgan fingerprint density at radius 1 is 1.30 bits per heavy atom. The minimum absolute atomic E-state index is 0.216. The number of hydrogen-bond donors (Lipinski definition) is 0. The van der Waals surface area contributed by atoms with Gasteiger partial charge in [0.2, 0.25) is 5.91 Å². The Labute approximate surface area is 121 Å². The normalized spacial score (nSPS) is 18.4. The number of ether oxygens (including phenoxy) is 1. The van der Waals surface area contributed by atoms with Gasteiger partial charge in [-0.3, -0.25) is 9.59 Å². The Bertz CT molecular complexity index is 385. The molecule has 112 valence electrons. The monoisotopic (exact) mass is 279 g/mol. The molecule has 1 fully saturated rings. The highest BCUT2D eigenvalue weighted by atomic mass is 16.5. The molecule has 0 aromatic rings. The molecule has 0 spiro atoms. The van der Waals surface area contributed by atoms with Gasteiger partial charge in [-0.15, -0.1) is 0 Å². The van der Waals surface area contributed by atoms with Crippen molar-refractivity contribution in [2.75, 3.05) is 20.2 Å². The van der Waals surface area contributed by atoms with Crippen LogP contribution in [0.1, 0.15) is 51.4 Å². The highest BCUT2D eigenvalue weighted by Crippen LogP contribution is 2.31. The van der Waals surface area contributed by atoms with Gasteiger partial charge < -0.3 is 9.64 Å². The minimum Gasteiger partial charge on any atom is -0.469 e. The van der Waals surface area contributed by atoms with Crippen molar-refractivity contribution in [2.45, 2.75) is 51.4 Å². The molecule has 2 rings (SSSR count). The molecule has 1 amide bonds. The number of esters is 1. The second-order valence-corrected chi connectivity index (χ2v) is 5.78. The largest absolute Gasteiger partial charge is 0.469 e. The first-order valence-electron chi connectivity index (χ1n) is 7.74. The van der Waals surface area contributed by atoms with Gasteiger partial charge in [0.1, 0.15) is 0 Å². The number of nitrogens with zero attached hydrogens (tertiary/aromatic N) is 1. The van der Waals surface area contributed by atoms with Crippen LogP contribution in [-0.2, 0) is 14.3 Å². The van der Waals surface area contributed by atoms with E-state index in [1.54, 1.807) is 0 Å². The zero-order chi connectivity index (χ0) is 14.4. The number of allylic oxidation sites excluding steroid dienone is 1. The van der Waals surface area contributed by atoms with Crippen LogP contribution in [0.3, 0.4) is 0 Å². The van der Waals surface area contributed by atoms with E-state index in [1.807, 2.05) is 4.90 Å². The summed E-state index contributed by atoms with van der Waals surface area (Å²) in [4.78, 5) is 25.4. The summed E-state index contributed by atoms with van der Waals surface area (Å²) in [5.41, 5.74) is 1.47. The van der Waals surface area contributed by atoms with Crippen molar-refractivity contribution >= 4 is 11.9 Å². The summed E-state index contributed by atoms with van der Waals surface area (Å²) in [6, 6.07) is 0. The first-order valence-corrected chi connectivity index (χ1v) is 7.74. The molecule has 0 heterocycles. The van der Waals surface area contributed by atoms with E-state index < -0.39 is 0 Å². The Morgan fingerprint density at radius 2 is 2.10 bits per heavy atom. The Morgan fingerprint density at radius 3 is 2.70 bits per heavy atom. The molecule has 20 heavy (non-hydrogen) atoms. The lowest BCUT2D eigenvalue weighted by molar-refractivity contribution is -0.142. The molecule has 0 aromatic heterocycles. The summed E-state index contributed by atoms with van der Waals surface area (Å²) in [5, 5.41) is 0. The molecule has 0 aliphatic heterocycles. The van der Waals surface area contributed by atoms with E-state index in [1.165, 1.54) is 38.4 Å². The summed E-state index contributed by atoms with van der Waals surface area (Å²) in [7, 11) is 1.39. The van der Waals surface area contributed by atoms with Crippen LogP contribution in [0, 0.1) is 5.92 Å². The molecule has 0 saturated heterocycles. The molecule has 0 aromatic carbocycles. The van der Waals surface area contributed by atoms with Gasteiger partial charge in [-0.25, -0.2) is 0 Å². The fourth-order valence-corrected chi connectivity index (χ4v) is 2.66. The number of carbonyl (C=O) groups is 2. The Kier molecular flexibility index (Phi) is 5.62. The maximum Gasteiger partial charge on any atom is 0.307 e. The average molecular weight is 279 g/mol. The smallest absolute Gasteiger partial charge is 0.307 e. The second kappa shape index (κ2) is 7.46. The van der Waals surface area contributed by atoms with Crippen molar-refractivity contribution in [2.24, 2.45) is 5.92 Å². The van der Waals surface area contributed by atoms with E-state index in [0.717, 1.165) is 25.8 Å². The molecule has 4 heteroatoms. The quantitative estimate of drug-likeness (QED) is 0.532. The summed E-state index contributed by atoms with van der Waals surface area (Å²) in [6.45, 7) is 1.24. The first-order chi connectivity index (χ1) is 9.70. The fourth-order valence-electron chi connectivity index (χ4n) is 2.66. The van der Waals surface area contributed by atoms with Gasteiger partial charge in [-0.2, -0.15) is 0 Å². The SMILES string of the molecule is COC(=O)CCN(CCC1=CCCCC1)C(=O)C1CC1. The van der Waals surface area contributed by atoms with Crippen molar-refractivity contribution < 1.29 is 14.3 Å². The topological polar surface area (TPSA) is 46.6 Å². The maximum absolute atomic E-state index is 12.2. The van der Waals surface area contributed by atoms with E-state index in [0.29, 0.717) is 13.0 Å². The van der Waals surface area contributed by atoms with Gasteiger partial charge in [-0.1, -0.05) is 11.6 Å². The molecular weight excluding hydrogens is 254 g/mol. The van der Waals surface area contributed by atoms with E-state index in [9.17, 15) is 9.59 Å². The number of carbonyl (C=O) groups excluding carboxylic acids is 2. The molecule has 0 N–H and O–H groups in total. The average Bonchev–Trinajstić information content (AvgIpc) is 3.32. The van der Waals surface area contributed by atoms with Crippen LogP contribution in [0.15, 0.2) is 11.6 Å². The van der Waals surface area contributed by atoms with Crippen molar-refractivity contribution in [1.82, 2.24) is 4.90 Å². The molecule has 4 nitrogen and oxygen atoms in total. The van der Waals surface area contributed by atoms with Crippen LogP contribution < -0.4 is 0 Å². The summed E-state index contributed by atoms with van der Waals surface area (Å²) < 4.78 is 4.66. The molecule has 2 aliphatic carbocycles. The van der Waals surface area contributed by atoms with Crippen LogP contribution in [0.25, 0.3) is 0 Å². The van der Waals surface area contributed by atoms with Crippen molar-refractivity contribution in [3.05, 3.63) is 11.6 Å². The van der Waals surface area contributed by atoms with Gasteiger partial charge >= 0.3 is 5.97 Å². The molecule has 2 aliphatic rings. The third kappa shape index (κ3) is 4.66. The van der Waals surface area contributed by atoms with E-state index >= 15 is 0 Å². The van der Waals surface area contributed by atoms with Crippen molar-refractivity contribution in [3.8, 4) is 0 Å². The standard InChI is InChI=1S/C16H25NO3/c1-20-15(18)10-12-17(16(19)14-7-8-14)11-9-13-5-3-2-4-6-13/h5,14H,2-4,6-12H2,1H3. The molecule has 0 atom stereocenters. The van der Waals surface area contributed by atoms with Gasteiger partial charge in [0.15, 0.2) is 0 Å². The Hall–Kier alpha value is -1.32. The number of methoxy groups -OCH3 is 1. The number of rotatable bonds is 7. The molecule has 0 radical (unpaired) electrons. The van der Waals surface area contributed by atoms with Crippen LogP contribution >= 0.6 is 0 Å². The highest BCUT2D eigenvalue weighted by molar-refractivity contribution is 5.81. The maximum atomic E-state index is 12.2. The van der Waals surface area contributed by atoms with E-state index in [2.05, 4.69) is 10.8 Å². The third-order valence-electron chi connectivity index (χ3n) is 4.14. The number of amides is 1. The predicted octanol–water partition coefficient (Wildman–Crippen LogP) is 2.68. The van der Waals surface area contributed by atoms with Gasteiger partial charge in [0, 0.05) is 19.0 Å². The highest BCUT2D eigenvalue weighted by Gasteiger charge is 2.33. The van der Waals surface area contributed by atoms with Crippen LogP contribution in [0.4, 0.5) is 0 Å². The van der Waals surface area contributed by atoms with Crippen LogP contribution in [0.5, 0.6) is 0 Å². The zero-order valence-electron chi connectivity index (χ0n) is 12.4. The minimum atomic E-state index is -0.240. The van der Waals surface area contributed by atoms with Gasteiger partial charge in [0.25, 0.3) is 0 Å². The predicted molar refractivity (Wildman–Crippen MR) is 77.1 cm³/mol. The first kappa shape index (κ1) is 15.1. The number of hydrogen-bond acceptors (Lipinski definition) is 3. The fraction of sp³-hybridized carbons (Fsp3) is 0.750. The summed E-state index contributed by atoms with van der Waals surface area (Å²) in [6.07, 6.45) is 10.5. The Balaban J connectivity index is 1.82. The lowest BCUT2D eigenvalue weighted by Gasteiger charge is -2.23. The van der Waals surface area contributed by atoms with Crippen LogP contribution in [-0.4, -0.2) is 37.0 Å². The summed E-state index contributed by atoms with van der Waals surface area (Å²) in [5.74, 6) is 0.203. The van der Waals surface area contributed by atoms with Crippen molar-refractivity contribution in [3.63, 3.8) is 0 Å². The lowest BCUT2D eigenvalue weighted by Crippen LogP contribution is -2.35. The van der Waals surface area contributed by atoms with E-state index in [-0.39, 0.29) is 17.8 Å².